The summed E-state index contributed by atoms with van der Waals surface area (Å²) in [5, 5.41) is 12.2. The van der Waals surface area contributed by atoms with Crippen LogP contribution in [0.3, 0.4) is 0 Å². The molecule has 2 amide bonds. The van der Waals surface area contributed by atoms with E-state index in [-0.39, 0.29) is 12.5 Å². The number of amides is 2. The van der Waals surface area contributed by atoms with Gasteiger partial charge < -0.3 is 25.2 Å². The molecular weight excluding hydrogens is 445 g/mol. The number of rotatable bonds is 8. The number of hydrogen-bond acceptors (Lipinski definition) is 5. The number of aliphatic carboxylic acids is 1. The first-order valence-corrected chi connectivity index (χ1v) is 9.85. The van der Waals surface area contributed by atoms with Gasteiger partial charge in [0.25, 0.3) is 5.91 Å². The largest absolute Gasteiger partial charge is 0.479 e. The summed E-state index contributed by atoms with van der Waals surface area (Å²) in [6.07, 6.45) is -8.12. The highest BCUT2D eigenvalue weighted by Gasteiger charge is 2.46. The highest BCUT2D eigenvalue weighted by molar-refractivity contribution is 5.87. The monoisotopic (exact) mass is 466 g/mol. The van der Waals surface area contributed by atoms with Gasteiger partial charge in [0.1, 0.15) is 6.61 Å². The van der Waals surface area contributed by atoms with Crippen molar-refractivity contribution in [1.29, 1.82) is 0 Å². The Morgan fingerprint density at radius 1 is 1.03 bits per heavy atom. The maximum Gasteiger partial charge on any atom is 0.417 e. The van der Waals surface area contributed by atoms with E-state index in [1.54, 1.807) is 0 Å². The molecule has 1 aliphatic rings. The molecule has 0 saturated heterocycles. The summed E-state index contributed by atoms with van der Waals surface area (Å²) in [5.41, 5.74) is 3.63. The average Bonchev–Trinajstić information content (AvgIpc) is 3.09. The zero-order valence-corrected chi connectivity index (χ0v) is 17.4. The van der Waals surface area contributed by atoms with Crippen LogP contribution in [0.15, 0.2) is 48.5 Å². The van der Waals surface area contributed by atoms with Gasteiger partial charge in [0.05, 0.1) is 6.54 Å². The van der Waals surface area contributed by atoms with Crippen molar-refractivity contribution in [2.24, 2.45) is 0 Å². The molecule has 1 aliphatic carbocycles. The summed E-state index contributed by atoms with van der Waals surface area (Å²) in [6.45, 7) is -0.958. The molecule has 0 saturated carbocycles. The number of carbonyl (C=O) groups excluding carboxylic acids is 2. The van der Waals surface area contributed by atoms with Crippen LogP contribution in [0.5, 0.6) is 0 Å². The van der Waals surface area contributed by atoms with Gasteiger partial charge in [-0.05, 0) is 22.3 Å². The van der Waals surface area contributed by atoms with E-state index >= 15 is 0 Å². The van der Waals surface area contributed by atoms with Crippen molar-refractivity contribution in [1.82, 2.24) is 10.6 Å². The molecule has 3 rings (SSSR count). The lowest BCUT2D eigenvalue weighted by Gasteiger charge is -2.22. The van der Waals surface area contributed by atoms with Gasteiger partial charge in [-0.25, -0.2) is 9.59 Å². The molecule has 0 fully saturated rings. The number of hydrogen-bond donors (Lipinski definition) is 3. The maximum absolute atomic E-state index is 13.4. The minimum atomic E-state index is -5.14. The minimum Gasteiger partial charge on any atom is -0.479 e. The lowest BCUT2D eigenvalue weighted by molar-refractivity contribution is -0.168. The molecule has 2 unspecified atom stereocenters. The summed E-state index contributed by atoms with van der Waals surface area (Å²) < 4.78 is 49.7. The molecule has 33 heavy (non-hydrogen) atoms. The van der Waals surface area contributed by atoms with Gasteiger partial charge in [-0.2, -0.15) is 13.2 Å². The van der Waals surface area contributed by atoms with E-state index in [9.17, 15) is 27.6 Å². The van der Waals surface area contributed by atoms with Crippen molar-refractivity contribution in [2.45, 2.75) is 24.2 Å². The van der Waals surface area contributed by atoms with E-state index in [4.69, 9.17) is 9.84 Å². The van der Waals surface area contributed by atoms with Crippen LogP contribution in [0.4, 0.5) is 18.0 Å². The number of ether oxygens (including phenoxy) is 2. The number of carbonyl (C=O) groups is 3. The summed E-state index contributed by atoms with van der Waals surface area (Å²) in [6, 6.07) is 11.9. The molecule has 0 spiro atoms. The van der Waals surface area contributed by atoms with Crippen LogP contribution in [-0.4, -0.2) is 61.7 Å². The van der Waals surface area contributed by atoms with Crippen LogP contribution in [0.25, 0.3) is 11.1 Å². The zero-order valence-electron chi connectivity index (χ0n) is 17.4. The lowest BCUT2D eigenvalue weighted by Crippen LogP contribution is -2.56. The van der Waals surface area contributed by atoms with Gasteiger partial charge in [-0.3, -0.25) is 4.79 Å². The first kappa shape index (κ1) is 24.1. The second-order valence-electron chi connectivity index (χ2n) is 7.25. The topological polar surface area (TPSA) is 114 Å². The number of benzene rings is 2. The van der Waals surface area contributed by atoms with Crippen molar-refractivity contribution in [2.75, 3.05) is 20.3 Å². The predicted molar refractivity (Wildman–Crippen MR) is 109 cm³/mol. The standard InChI is InChI=1S/C22H21F3N2O6/c1-32-17(20(29)30)10-26-19(28)18(22(23,24)25)27-21(31)33-11-16-14-8-4-2-6-12(14)13-7-3-5-9-15(13)16/h2-9,16-18H,10-11H2,1H3,(H,26,28)(H,27,31)(H,29,30). The van der Waals surface area contributed by atoms with E-state index in [1.165, 1.54) is 5.32 Å². The normalized spacial score (nSPS) is 14.5. The Balaban J connectivity index is 1.66. The van der Waals surface area contributed by atoms with Crippen molar-refractivity contribution in [3.63, 3.8) is 0 Å². The van der Waals surface area contributed by atoms with Crippen molar-refractivity contribution in [3.8, 4) is 11.1 Å². The molecule has 0 radical (unpaired) electrons. The number of nitrogens with one attached hydrogen (secondary N) is 2. The summed E-state index contributed by atoms with van der Waals surface area (Å²) >= 11 is 0. The molecule has 0 aromatic heterocycles. The van der Waals surface area contributed by atoms with Crippen molar-refractivity contribution >= 4 is 18.0 Å². The van der Waals surface area contributed by atoms with Gasteiger partial charge in [-0.1, -0.05) is 48.5 Å². The Kier molecular flexibility index (Phi) is 7.22. The number of carboxylic acid groups (broad SMARTS) is 1. The molecule has 0 aliphatic heterocycles. The molecule has 2 atom stereocenters. The van der Waals surface area contributed by atoms with E-state index in [2.05, 4.69) is 4.74 Å². The molecule has 176 valence electrons. The van der Waals surface area contributed by atoms with Crippen LogP contribution < -0.4 is 10.6 Å². The molecular formula is C22H21F3N2O6. The molecule has 0 heterocycles. The second-order valence-corrected chi connectivity index (χ2v) is 7.25. The van der Waals surface area contributed by atoms with Gasteiger partial charge >= 0.3 is 18.2 Å². The lowest BCUT2D eigenvalue weighted by atomic mass is 9.98. The third kappa shape index (κ3) is 5.43. The van der Waals surface area contributed by atoms with Crippen LogP contribution >= 0.6 is 0 Å². The van der Waals surface area contributed by atoms with Gasteiger partial charge in [0, 0.05) is 13.0 Å². The van der Waals surface area contributed by atoms with Crippen LogP contribution in [0, 0.1) is 0 Å². The van der Waals surface area contributed by atoms with Crippen LogP contribution in [0.2, 0.25) is 0 Å². The van der Waals surface area contributed by atoms with Crippen LogP contribution in [-0.2, 0) is 19.1 Å². The van der Waals surface area contributed by atoms with Gasteiger partial charge in [0.15, 0.2) is 6.10 Å². The van der Waals surface area contributed by atoms with E-state index < -0.39 is 42.8 Å². The third-order valence-corrected chi connectivity index (χ3v) is 5.22. The number of carboxylic acids is 1. The molecule has 0 bridgehead atoms. The fourth-order valence-corrected chi connectivity index (χ4v) is 3.62. The quantitative estimate of drug-likeness (QED) is 0.551. The molecule has 2 aromatic rings. The van der Waals surface area contributed by atoms with E-state index in [1.807, 2.05) is 53.8 Å². The first-order chi connectivity index (χ1) is 15.6. The van der Waals surface area contributed by atoms with Crippen LogP contribution in [0.1, 0.15) is 17.0 Å². The number of alkyl carbamates (subject to hydrolysis) is 1. The van der Waals surface area contributed by atoms with Gasteiger partial charge in [-0.15, -0.1) is 0 Å². The van der Waals surface area contributed by atoms with Crippen molar-refractivity contribution in [3.05, 3.63) is 59.7 Å². The number of halogens is 3. The molecule has 2 aromatic carbocycles. The number of alkyl halides is 3. The Morgan fingerprint density at radius 2 is 1.58 bits per heavy atom. The summed E-state index contributed by atoms with van der Waals surface area (Å²) in [5.74, 6) is -3.48. The average molecular weight is 466 g/mol. The third-order valence-electron chi connectivity index (χ3n) is 5.22. The van der Waals surface area contributed by atoms with E-state index in [0.29, 0.717) is 0 Å². The highest BCUT2D eigenvalue weighted by Crippen LogP contribution is 2.44. The number of fused-ring (bicyclic) bond motifs is 3. The predicted octanol–water partition coefficient (Wildman–Crippen LogP) is 2.67. The van der Waals surface area contributed by atoms with E-state index in [0.717, 1.165) is 29.4 Å². The fraction of sp³-hybridized carbons (Fsp3) is 0.318. The Hall–Kier alpha value is -3.60. The van der Waals surface area contributed by atoms with Crippen molar-refractivity contribution < 1.29 is 42.1 Å². The highest BCUT2D eigenvalue weighted by atomic mass is 19.4. The molecule has 11 heteroatoms. The smallest absolute Gasteiger partial charge is 0.417 e. The first-order valence-electron chi connectivity index (χ1n) is 9.85. The molecule has 8 nitrogen and oxygen atoms in total. The Morgan fingerprint density at radius 3 is 2.06 bits per heavy atom. The minimum absolute atomic E-state index is 0.239. The Bertz CT molecular complexity index is 997. The number of methoxy groups -OCH3 is 1. The fourth-order valence-electron chi connectivity index (χ4n) is 3.62. The second kappa shape index (κ2) is 9.90. The summed E-state index contributed by atoms with van der Waals surface area (Å²) in [4.78, 5) is 35.0. The Labute approximate surface area is 186 Å². The summed E-state index contributed by atoms with van der Waals surface area (Å²) in [7, 11) is 1.03. The van der Waals surface area contributed by atoms with Gasteiger partial charge in [0.2, 0.25) is 6.04 Å². The molecule has 3 N–H and O–H groups in total. The maximum atomic E-state index is 13.4. The SMILES string of the molecule is COC(CNC(=O)C(NC(=O)OCC1c2ccccc2-c2ccccc21)C(F)(F)F)C(=O)O. The zero-order chi connectivity index (χ0) is 24.2.